The monoisotopic (exact) mass is 338 g/mol. The Morgan fingerprint density at radius 3 is 2.38 bits per heavy atom. The van der Waals surface area contributed by atoms with Crippen LogP contribution < -0.4 is 10.6 Å². The van der Waals surface area contributed by atoms with Crippen molar-refractivity contribution in [3.63, 3.8) is 0 Å². The molecule has 1 heterocycles. The predicted molar refractivity (Wildman–Crippen MR) is 97.0 cm³/mol. The third-order valence-electron chi connectivity index (χ3n) is 3.83. The number of esters is 1. The van der Waals surface area contributed by atoms with Gasteiger partial charge in [-0.1, -0.05) is 60.7 Å². The highest BCUT2D eigenvalue weighted by atomic mass is 32.1. The number of allylic oxidation sites excluding steroid dienone is 1. The molecule has 5 heteroatoms. The molecule has 0 amide bonds. The molecule has 2 N–H and O–H groups in total. The molecule has 1 aliphatic rings. The highest BCUT2D eigenvalue weighted by molar-refractivity contribution is 7.80. The highest BCUT2D eigenvalue weighted by Crippen LogP contribution is 2.27. The predicted octanol–water partition coefficient (Wildman–Crippen LogP) is 3.22. The molecule has 0 saturated carbocycles. The van der Waals surface area contributed by atoms with E-state index in [1.54, 1.807) is 0 Å². The van der Waals surface area contributed by atoms with Crippen molar-refractivity contribution in [1.82, 2.24) is 10.6 Å². The van der Waals surface area contributed by atoms with Crippen molar-refractivity contribution >= 4 is 23.3 Å². The molecule has 3 rings (SSSR count). The SMILES string of the molecule is CC1=C(C(=O)OCc2ccccc2)[C@@H](c2ccccc2)NC(=S)N1. The molecule has 0 bridgehead atoms. The summed E-state index contributed by atoms with van der Waals surface area (Å²) in [7, 11) is 0. The van der Waals surface area contributed by atoms with Crippen molar-refractivity contribution in [1.29, 1.82) is 0 Å². The van der Waals surface area contributed by atoms with Gasteiger partial charge in [-0.2, -0.15) is 0 Å². The fraction of sp³-hybridized carbons (Fsp3) is 0.158. The molecule has 0 unspecified atom stereocenters. The van der Waals surface area contributed by atoms with Crippen LogP contribution in [0.5, 0.6) is 0 Å². The summed E-state index contributed by atoms with van der Waals surface area (Å²) in [4.78, 5) is 12.7. The molecule has 24 heavy (non-hydrogen) atoms. The number of carbonyl (C=O) groups excluding carboxylic acids is 1. The molecule has 122 valence electrons. The number of carbonyl (C=O) groups is 1. The second-order valence-corrected chi connectivity index (χ2v) is 5.95. The molecule has 0 aliphatic carbocycles. The minimum Gasteiger partial charge on any atom is -0.457 e. The van der Waals surface area contributed by atoms with Gasteiger partial charge >= 0.3 is 5.97 Å². The summed E-state index contributed by atoms with van der Waals surface area (Å²) in [6, 6.07) is 19.0. The molecule has 2 aromatic carbocycles. The van der Waals surface area contributed by atoms with Gasteiger partial charge in [-0.3, -0.25) is 0 Å². The Morgan fingerprint density at radius 1 is 1.08 bits per heavy atom. The number of hydrogen-bond acceptors (Lipinski definition) is 3. The van der Waals surface area contributed by atoms with E-state index in [1.807, 2.05) is 67.6 Å². The summed E-state index contributed by atoms with van der Waals surface area (Å²) in [6.07, 6.45) is 0. The fourth-order valence-corrected chi connectivity index (χ4v) is 2.93. The first-order chi connectivity index (χ1) is 11.6. The summed E-state index contributed by atoms with van der Waals surface area (Å²) >= 11 is 5.23. The molecule has 2 aromatic rings. The summed E-state index contributed by atoms with van der Waals surface area (Å²) < 4.78 is 5.50. The summed E-state index contributed by atoms with van der Waals surface area (Å²) in [5.74, 6) is -0.354. The van der Waals surface area contributed by atoms with Crippen LogP contribution in [0.15, 0.2) is 71.9 Å². The average molecular weight is 338 g/mol. The van der Waals surface area contributed by atoms with Gasteiger partial charge in [0.15, 0.2) is 5.11 Å². The van der Waals surface area contributed by atoms with E-state index in [0.29, 0.717) is 16.4 Å². The van der Waals surface area contributed by atoms with E-state index < -0.39 is 0 Å². The lowest BCUT2D eigenvalue weighted by Crippen LogP contribution is -2.45. The van der Waals surface area contributed by atoms with Gasteiger partial charge in [0.1, 0.15) is 6.61 Å². The molecule has 4 nitrogen and oxygen atoms in total. The van der Waals surface area contributed by atoms with Crippen molar-refractivity contribution in [3.05, 3.63) is 83.1 Å². The lowest BCUT2D eigenvalue weighted by Gasteiger charge is -2.29. The average Bonchev–Trinajstić information content (AvgIpc) is 2.60. The van der Waals surface area contributed by atoms with E-state index in [0.717, 1.165) is 11.1 Å². The molecule has 0 saturated heterocycles. The highest BCUT2D eigenvalue weighted by Gasteiger charge is 2.30. The van der Waals surface area contributed by atoms with Crippen LogP contribution in [-0.4, -0.2) is 11.1 Å². The van der Waals surface area contributed by atoms with Gasteiger partial charge in [0.05, 0.1) is 11.6 Å². The Balaban J connectivity index is 1.83. The molecule has 0 spiro atoms. The first-order valence-electron chi connectivity index (χ1n) is 7.69. The molecule has 0 fully saturated rings. The third kappa shape index (κ3) is 3.63. The van der Waals surface area contributed by atoms with Crippen molar-refractivity contribution in [2.45, 2.75) is 19.6 Å². The maximum Gasteiger partial charge on any atom is 0.338 e. The van der Waals surface area contributed by atoms with Crippen LogP contribution in [0.2, 0.25) is 0 Å². The molecule has 1 atom stereocenters. The van der Waals surface area contributed by atoms with E-state index in [2.05, 4.69) is 10.6 Å². The normalized spacial score (nSPS) is 17.0. The topological polar surface area (TPSA) is 50.4 Å². The van der Waals surface area contributed by atoms with Crippen LogP contribution in [0.25, 0.3) is 0 Å². The Kier molecular flexibility index (Phi) is 4.91. The van der Waals surface area contributed by atoms with Gasteiger partial charge in [-0.05, 0) is 30.3 Å². The standard InChI is InChI=1S/C19H18N2O2S/c1-13-16(18(22)23-12-14-8-4-2-5-9-14)17(21-19(24)20-13)15-10-6-3-7-11-15/h2-11,17H,12H2,1H3,(H2,20,21,24)/t17-/m1/s1. The Bertz CT molecular complexity index is 772. The summed E-state index contributed by atoms with van der Waals surface area (Å²) in [5, 5.41) is 6.66. The minimum absolute atomic E-state index is 0.239. The van der Waals surface area contributed by atoms with Gasteiger partial charge in [-0.15, -0.1) is 0 Å². The van der Waals surface area contributed by atoms with Crippen molar-refractivity contribution < 1.29 is 9.53 Å². The van der Waals surface area contributed by atoms with Gasteiger partial charge < -0.3 is 15.4 Å². The van der Waals surface area contributed by atoms with Gasteiger partial charge in [-0.25, -0.2) is 4.79 Å². The van der Waals surface area contributed by atoms with Crippen LogP contribution in [0, 0.1) is 0 Å². The largest absolute Gasteiger partial charge is 0.457 e. The second-order valence-electron chi connectivity index (χ2n) is 5.54. The number of ether oxygens (including phenoxy) is 1. The van der Waals surface area contributed by atoms with Crippen molar-refractivity contribution in [3.8, 4) is 0 Å². The molecule has 1 aliphatic heterocycles. The van der Waals surface area contributed by atoms with Gasteiger partial charge in [0.25, 0.3) is 0 Å². The Hall–Kier alpha value is -2.66. The van der Waals surface area contributed by atoms with E-state index in [9.17, 15) is 4.79 Å². The number of thiocarbonyl (C=S) groups is 1. The summed E-state index contributed by atoms with van der Waals surface area (Å²) in [6.45, 7) is 2.07. The zero-order valence-corrected chi connectivity index (χ0v) is 14.1. The molecular weight excluding hydrogens is 320 g/mol. The van der Waals surface area contributed by atoms with E-state index in [4.69, 9.17) is 17.0 Å². The number of hydrogen-bond donors (Lipinski definition) is 2. The quantitative estimate of drug-likeness (QED) is 0.662. The maximum atomic E-state index is 12.7. The van der Waals surface area contributed by atoms with E-state index in [-0.39, 0.29) is 18.6 Å². The first kappa shape index (κ1) is 16.2. The van der Waals surface area contributed by atoms with Crippen LogP contribution in [0.3, 0.4) is 0 Å². The van der Waals surface area contributed by atoms with Crippen LogP contribution in [-0.2, 0) is 16.1 Å². The molecular formula is C19H18N2O2S. The Morgan fingerprint density at radius 2 is 1.71 bits per heavy atom. The lowest BCUT2D eigenvalue weighted by atomic mass is 9.96. The zero-order valence-electron chi connectivity index (χ0n) is 13.3. The first-order valence-corrected chi connectivity index (χ1v) is 8.10. The number of benzene rings is 2. The smallest absolute Gasteiger partial charge is 0.338 e. The minimum atomic E-state index is -0.354. The lowest BCUT2D eigenvalue weighted by molar-refractivity contribution is -0.140. The number of rotatable bonds is 4. The van der Waals surface area contributed by atoms with Gasteiger partial charge in [0, 0.05) is 5.70 Å². The van der Waals surface area contributed by atoms with Gasteiger partial charge in [0.2, 0.25) is 0 Å². The fourth-order valence-electron chi connectivity index (χ4n) is 2.66. The van der Waals surface area contributed by atoms with Crippen molar-refractivity contribution in [2.75, 3.05) is 0 Å². The molecule has 0 aromatic heterocycles. The third-order valence-corrected chi connectivity index (χ3v) is 4.05. The van der Waals surface area contributed by atoms with Crippen LogP contribution >= 0.6 is 12.2 Å². The zero-order chi connectivity index (χ0) is 16.9. The Labute approximate surface area is 146 Å². The second kappa shape index (κ2) is 7.27. The maximum absolute atomic E-state index is 12.7. The van der Waals surface area contributed by atoms with Crippen molar-refractivity contribution in [2.24, 2.45) is 0 Å². The number of nitrogens with one attached hydrogen (secondary N) is 2. The van der Waals surface area contributed by atoms with Crippen LogP contribution in [0.1, 0.15) is 24.1 Å². The molecule has 0 radical (unpaired) electrons. The van der Waals surface area contributed by atoms with E-state index >= 15 is 0 Å². The summed E-state index contributed by atoms with van der Waals surface area (Å²) in [5.41, 5.74) is 3.18. The van der Waals surface area contributed by atoms with Crippen LogP contribution in [0.4, 0.5) is 0 Å². The van der Waals surface area contributed by atoms with E-state index in [1.165, 1.54) is 0 Å².